The maximum absolute atomic E-state index is 13.4. The summed E-state index contributed by atoms with van der Waals surface area (Å²) in [6.45, 7) is 3.43. The van der Waals surface area contributed by atoms with Crippen LogP contribution in [0.15, 0.2) is 50.0 Å². The lowest BCUT2D eigenvalue weighted by Gasteiger charge is -2.20. The van der Waals surface area contributed by atoms with E-state index in [-0.39, 0.29) is 26.8 Å². The van der Waals surface area contributed by atoms with E-state index < -0.39 is 17.9 Å². The quantitative estimate of drug-likeness (QED) is 0.447. The van der Waals surface area contributed by atoms with Gasteiger partial charge in [0.15, 0.2) is 10.6 Å². The summed E-state index contributed by atoms with van der Waals surface area (Å²) in [4.78, 5) is 45.0. The van der Waals surface area contributed by atoms with Crippen LogP contribution >= 0.6 is 11.3 Å². The molecule has 5 rings (SSSR count). The van der Waals surface area contributed by atoms with Crippen molar-refractivity contribution in [3.63, 3.8) is 0 Å². The number of amides is 1. The van der Waals surface area contributed by atoms with Gasteiger partial charge in [-0.2, -0.15) is 0 Å². The molecule has 31 heavy (non-hydrogen) atoms. The molecule has 3 aromatic heterocycles. The van der Waals surface area contributed by atoms with Crippen molar-refractivity contribution in [3.05, 3.63) is 80.0 Å². The minimum absolute atomic E-state index is 0.0600. The number of rotatable bonds is 3. The molecule has 0 saturated carbocycles. The second kappa shape index (κ2) is 6.92. The topological polar surface area (TPSA) is 103 Å². The fourth-order valence-electron chi connectivity index (χ4n) is 3.75. The molecule has 4 aromatic rings. The summed E-state index contributed by atoms with van der Waals surface area (Å²) in [6, 6.07) is 9.36. The van der Waals surface area contributed by atoms with Crippen molar-refractivity contribution in [1.29, 1.82) is 0 Å². The second-order valence-electron chi connectivity index (χ2n) is 7.10. The molecule has 8 nitrogen and oxygen atoms in total. The summed E-state index contributed by atoms with van der Waals surface area (Å²) in [5.74, 6) is -0.0979. The summed E-state index contributed by atoms with van der Waals surface area (Å²) in [5, 5.41) is 0.617. The summed E-state index contributed by atoms with van der Waals surface area (Å²) >= 11 is 1.01. The van der Waals surface area contributed by atoms with Crippen molar-refractivity contribution in [2.75, 3.05) is 12.0 Å². The van der Waals surface area contributed by atoms with Crippen LogP contribution in [-0.2, 0) is 4.74 Å². The average molecular weight is 436 g/mol. The molecule has 1 amide bonds. The number of thiazole rings is 1. The number of carbonyl (C=O) groups excluding carboxylic acids is 2. The van der Waals surface area contributed by atoms with E-state index in [0.29, 0.717) is 28.2 Å². The fraction of sp³-hybridized carbons (Fsp3) is 0.182. The van der Waals surface area contributed by atoms with Gasteiger partial charge in [0.1, 0.15) is 28.0 Å². The van der Waals surface area contributed by atoms with Gasteiger partial charge in [-0.05, 0) is 38.1 Å². The van der Waals surface area contributed by atoms with Gasteiger partial charge in [0.05, 0.1) is 23.8 Å². The number of hydrogen-bond acceptors (Lipinski definition) is 8. The van der Waals surface area contributed by atoms with Crippen molar-refractivity contribution >= 4 is 39.3 Å². The molecule has 0 saturated heterocycles. The molecule has 9 heteroatoms. The Labute approximate surface area is 179 Å². The van der Waals surface area contributed by atoms with Crippen LogP contribution in [0.1, 0.15) is 49.0 Å². The Balaban J connectivity index is 1.77. The Kier molecular flexibility index (Phi) is 4.30. The van der Waals surface area contributed by atoms with Gasteiger partial charge in [-0.1, -0.05) is 23.5 Å². The largest absolute Gasteiger partial charge is 0.465 e. The highest BCUT2D eigenvalue weighted by Crippen LogP contribution is 2.43. The zero-order valence-corrected chi connectivity index (χ0v) is 17.6. The lowest BCUT2D eigenvalue weighted by atomic mass is 10.0. The number of benzene rings is 1. The van der Waals surface area contributed by atoms with E-state index in [4.69, 9.17) is 13.6 Å². The fourth-order valence-corrected chi connectivity index (χ4v) is 4.77. The van der Waals surface area contributed by atoms with Gasteiger partial charge in [0.2, 0.25) is 5.76 Å². The lowest BCUT2D eigenvalue weighted by molar-refractivity contribution is 0.0605. The van der Waals surface area contributed by atoms with Gasteiger partial charge in [-0.25, -0.2) is 9.78 Å². The highest BCUT2D eigenvalue weighted by Gasteiger charge is 2.46. The first-order chi connectivity index (χ1) is 14.9. The second-order valence-corrected chi connectivity index (χ2v) is 8.08. The molecule has 0 aliphatic carbocycles. The SMILES string of the molecule is COC(=O)c1sc(N2C(=O)c3oc4ccccc4c(=O)c3C2c2ccc(C)o2)nc1C. The summed E-state index contributed by atoms with van der Waals surface area (Å²) in [5.41, 5.74) is 0.620. The van der Waals surface area contributed by atoms with Crippen LogP contribution < -0.4 is 10.3 Å². The smallest absolute Gasteiger partial charge is 0.350 e. The van der Waals surface area contributed by atoms with Crippen LogP contribution in [-0.4, -0.2) is 24.0 Å². The van der Waals surface area contributed by atoms with Gasteiger partial charge >= 0.3 is 5.97 Å². The van der Waals surface area contributed by atoms with E-state index in [0.717, 1.165) is 11.3 Å². The lowest BCUT2D eigenvalue weighted by Crippen LogP contribution is -2.29. The van der Waals surface area contributed by atoms with Crippen LogP contribution in [0.2, 0.25) is 0 Å². The molecule has 1 unspecified atom stereocenters. The highest BCUT2D eigenvalue weighted by molar-refractivity contribution is 7.17. The molecule has 0 radical (unpaired) electrons. The number of carbonyl (C=O) groups is 2. The predicted octanol–water partition coefficient (Wildman–Crippen LogP) is 4.00. The molecule has 0 fully saturated rings. The van der Waals surface area contributed by atoms with Crippen molar-refractivity contribution in [2.45, 2.75) is 19.9 Å². The summed E-state index contributed by atoms with van der Waals surface area (Å²) < 4.78 is 16.5. The Morgan fingerprint density at radius 2 is 1.90 bits per heavy atom. The number of fused-ring (bicyclic) bond motifs is 2. The van der Waals surface area contributed by atoms with E-state index in [1.165, 1.54) is 12.0 Å². The van der Waals surface area contributed by atoms with E-state index >= 15 is 0 Å². The minimum Gasteiger partial charge on any atom is -0.465 e. The van der Waals surface area contributed by atoms with Crippen LogP contribution in [0, 0.1) is 13.8 Å². The number of aromatic nitrogens is 1. The monoisotopic (exact) mass is 436 g/mol. The normalized spacial score (nSPS) is 15.5. The molecule has 0 spiro atoms. The molecule has 1 atom stereocenters. The molecule has 1 aromatic carbocycles. The first kappa shape index (κ1) is 19.3. The Hall–Kier alpha value is -3.72. The zero-order valence-electron chi connectivity index (χ0n) is 16.8. The number of ether oxygens (including phenoxy) is 1. The molecule has 0 N–H and O–H groups in total. The molecular formula is C22H16N2O6S. The number of para-hydroxylation sites is 1. The number of aryl methyl sites for hydroxylation is 2. The molecule has 1 aliphatic heterocycles. The molecule has 156 valence electrons. The van der Waals surface area contributed by atoms with Crippen molar-refractivity contribution in [3.8, 4) is 0 Å². The number of methoxy groups -OCH3 is 1. The van der Waals surface area contributed by atoms with Crippen LogP contribution in [0.3, 0.4) is 0 Å². The highest BCUT2D eigenvalue weighted by atomic mass is 32.1. The number of nitrogens with zero attached hydrogens (tertiary/aromatic N) is 2. The minimum atomic E-state index is -0.867. The molecule has 1 aliphatic rings. The van der Waals surface area contributed by atoms with Crippen LogP contribution in [0.4, 0.5) is 5.13 Å². The summed E-state index contributed by atoms with van der Waals surface area (Å²) in [6.07, 6.45) is 0. The summed E-state index contributed by atoms with van der Waals surface area (Å²) in [7, 11) is 1.28. The number of esters is 1. The zero-order chi connectivity index (χ0) is 21.9. The van der Waals surface area contributed by atoms with Gasteiger partial charge in [0, 0.05) is 0 Å². The first-order valence-corrected chi connectivity index (χ1v) is 10.2. The van der Waals surface area contributed by atoms with Crippen LogP contribution in [0.25, 0.3) is 11.0 Å². The van der Waals surface area contributed by atoms with E-state index in [1.807, 2.05) is 0 Å². The Morgan fingerprint density at radius 3 is 2.61 bits per heavy atom. The van der Waals surface area contributed by atoms with Gasteiger partial charge in [-0.3, -0.25) is 14.5 Å². The van der Waals surface area contributed by atoms with Crippen molar-refractivity contribution < 1.29 is 23.2 Å². The Bertz CT molecular complexity index is 1430. The number of hydrogen-bond donors (Lipinski definition) is 0. The first-order valence-electron chi connectivity index (χ1n) is 9.42. The van der Waals surface area contributed by atoms with Crippen molar-refractivity contribution in [2.24, 2.45) is 0 Å². The third kappa shape index (κ3) is 2.81. The number of anilines is 1. The maximum Gasteiger partial charge on any atom is 0.350 e. The molecule has 0 bridgehead atoms. The molecular weight excluding hydrogens is 420 g/mol. The van der Waals surface area contributed by atoms with Crippen LogP contribution in [0.5, 0.6) is 0 Å². The van der Waals surface area contributed by atoms with Gasteiger partial charge < -0.3 is 13.6 Å². The van der Waals surface area contributed by atoms with E-state index in [2.05, 4.69) is 4.98 Å². The molecule has 4 heterocycles. The van der Waals surface area contributed by atoms with Crippen molar-refractivity contribution in [1.82, 2.24) is 4.98 Å². The third-order valence-corrected chi connectivity index (χ3v) is 6.31. The number of furan rings is 1. The van der Waals surface area contributed by atoms with E-state index in [1.54, 1.807) is 50.2 Å². The third-order valence-electron chi connectivity index (χ3n) is 5.17. The van der Waals surface area contributed by atoms with Gasteiger partial charge in [0.25, 0.3) is 5.91 Å². The van der Waals surface area contributed by atoms with Gasteiger partial charge in [-0.15, -0.1) is 0 Å². The Morgan fingerprint density at radius 1 is 1.13 bits per heavy atom. The van der Waals surface area contributed by atoms with E-state index in [9.17, 15) is 14.4 Å². The maximum atomic E-state index is 13.4. The average Bonchev–Trinajstić information content (AvgIpc) is 3.43. The standard InChI is InChI=1S/C22H16N2O6S/c1-10-8-9-14(29-10)16-15-17(25)12-6-4-5-7-13(12)30-18(15)20(26)24(16)22-23-11(2)19(31-22)21(27)28-3/h4-9,16H,1-3H3. The predicted molar refractivity (Wildman–Crippen MR) is 113 cm³/mol.